The molecule has 1 atom stereocenters. The smallest absolute Gasteiger partial charge is 0.327 e. The van der Waals surface area contributed by atoms with Crippen LogP contribution >= 0.6 is 7.60 Å². The molecule has 0 aromatic heterocycles. The summed E-state index contributed by atoms with van der Waals surface area (Å²) in [6.45, 7) is 5.24. The largest absolute Gasteiger partial charge is 0.350 e. The molecule has 29 heavy (non-hydrogen) atoms. The summed E-state index contributed by atoms with van der Waals surface area (Å²) in [7, 11) is 3.03. The molecule has 1 aromatic rings. The summed E-state index contributed by atoms with van der Waals surface area (Å²) in [5, 5.41) is 2.79. The number of unbranched alkanes of at least 4 members (excludes halogenated alkanes) is 4. The topological polar surface area (TPSA) is 64.6 Å². The van der Waals surface area contributed by atoms with E-state index in [1.165, 1.54) is 44.3 Å². The lowest BCUT2D eigenvalue weighted by atomic mass is 10.0. The van der Waals surface area contributed by atoms with Crippen molar-refractivity contribution in [1.82, 2.24) is 5.32 Å². The van der Waals surface area contributed by atoms with Gasteiger partial charge in [0.2, 0.25) is 0 Å². The van der Waals surface area contributed by atoms with Crippen LogP contribution in [-0.2, 0) is 20.0 Å². The standard InChI is InChI=1S/C22H39N2O4P/c1-6-7-8-9-10-11-20-12-14-21(15-13-20)22(25)23-16-18-27-29(5,26)28-19-17-24(2,3)4/h12-15H,6-11,16-19H2,1-5H3/p+1. The van der Waals surface area contributed by atoms with E-state index in [2.05, 4.69) is 12.2 Å². The van der Waals surface area contributed by atoms with Crippen LogP contribution in [0.15, 0.2) is 24.3 Å². The Morgan fingerprint density at radius 1 is 1.00 bits per heavy atom. The van der Waals surface area contributed by atoms with E-state index >= 15 is 0 Å². The fraction of sp³-hybridized carbons (Fsp3) is 0.682. The Bertz CT molecular complexity index is 641. The number of hydrogen-bond donors (Lipinski definition) is 1. The SMILES string of the molecule is CCCCCCCc1ccc(C(=O)NCCOP(C)(=O)OCC[N+](C)(C)C)cc1. The predicted octanol–water partition coefficient (Wildman–Crippen LogP) is 4.49. The van der Waals surface area contributed by atoms with Crippen molar-refractivity contribution >= 4 is 13.5 Å². The maximum atomic E-state index is 12.2. The number of likely N-dealkylation sites (N-methyl/N-ethyl adjacent to an activating group) is 1. The third kappa shape index (κ3) is 12.9. The Kier molecular flexibility index (Phi) is 11.7. The van der Waals surface area contributed by atoms with Gasteiger partial charge in [-0.25, -0.2) is 0 Å². The van der Waals surface area contributed by atoms with Gasteiger partial charge in [-0.15, -0.1) is 0 Å². The van der Waals surface area contributed by atoms with E-state index in [1.807, 2.05) is 45.4 Å². The second kappa shape index (κ2) is 13.2. The van der Waals surface area contributed by atoms with Gasteiger partial charge in [0.25, 0.3) is 5.91 Å². The highest BCUT2D eigenvalue weighted by molar-refractivity contribution is 7.52. The van der Waals surface area contributed by atoms with Gasteiger partial charge in [-0.2, -0.15) is 0 Å². The number of nitrogens with one attached hydrogen (secondary N) is 1. The highest BCUT2D eigenvalue weighted by atomic mass is 31.2. The number of aryl methyl sites for hydroxylation is 1. The fourth-order valence-corrected chi connectivity index (χ4v) is 3.66. The van der Waals surface area contributed by atoms with Crippen LogP contribution < -0.4 is 5.32 Å². The molecule has 0 spiro atoms. The highest BCUT2D eigenvalue weighted by Gasteiger charge is 2.18. The summed E-state index contributed by atoms with van der Waals surface area (Å²) in [4.78, 5) is 12.2. The number of amides is 1. The Morgan fingerprint density at radius 3 is 2.24 bits per heavy atom. The van der Waals surface area contributed by atoms with E-state index < -0.39 is 7.60 Å². The summed E-state index contributed by atoms with van der Waals surface area (Å²) in [6, 6.07) is 7.76. The second-order valence-electron chi connectivity index (χ2n) is 8.57. The van der Waals surface area contributed by atoms with Crippen LogP contribution in [0.2, 0.25) is 0 Å². The van der Waals surface area contributed by atoms with Gasteiger partial charge in [-0.1, -0.05) is 44.7 Å². The van der Waals surface area contributed by atoms with E-state index in [1.54, 1.807) is 0 Å². The van der Waals surface area contributed by atoms with Crippen molar-refractivity contribution in [3.8, 4) is 0 Å². The van der Waals surface area contributed by atoms with Crippen LogP contribution in [0.5, 0.6) is 0 Å². The van der Waals surface area contributed by atoms with Crippen LogP contribution in [0, 0.1) is 0 Å². The molecule has 0 aliphatic rings. The first-order valence-electron chi connectivity index (χ1n) is 10.7. The van der Waals surface area contributed by atoms with Gasteiger partial charge in [0.1, 0.15) is 13.2 Å². The molecule has 1 amide bonds. The Labute approximate surface area is 177 Å². The molecule has 0 fully saturated rings. The van der Waals surface area contributed by atoms with Crippen LogP contribution in [0.25, 0.3) is 0 Å². The third-order valence-electron chi connectivity index (χ3n) is 4.59. The normalized spacial score (nSPS) is 13.8. The predicted molar refractivity (Wildman–Crippen MR) is 120 cm³/mol. The molecule has 0 heterocycles. The van der Waals surface area contributed by atoms with Crippen LogP contribution in [-0.4, -0.2) is 64.5 Å². The highest BCUT2D eigenvalue weighted by Crippen LogP contribution is 2.43. The lowest BCUT2D eigenvalue weighted by Gasteiger charge is -2.24. The van der Waals surface area contributed by atoms with Crippen LogP contribution in [0.1, 0.15) is 54.9 Å². The summed E-state index contributed by atoms with van der Waals surface area (Å²) >= 11 is 0. The minimum atomic E-state index is -3.10. The molecule has 6 nitrogen and oxygen atoms in total. The molecule has 7 heteroatoms. The maximum absolute atomic E-state index is 12.2. The number of rotatable bonds is 15. The van der Waals surface area contributed by atoms with Crippen molar-refractivity contribution in [2.45, 2.75) is 45.4 Å². The molecule has 0 radical (unpaired) electrons. The summed E-state index contributed by atoms with van der Waals surface area (Å²) < 4.78 is 23.7. The molecule has 1 rings (SSSR count). The molecule has 166 valence electrons. The Morgan fingerprint density at radius 2 is 1.62 bits per heavy atom. The molecular formula is C22H40N2O4P+. The average molecular weight is 428 g/mol. The van der Waals surface area contributed by atoms with Gasteiger partial charge < -0.3 is 18.8 Å². The third-order valence-corrected chi connectivity index (χ3v) is 5.89. The summed E-state index contributed by atoms with van der Waals surface area (Å²) in [5.41, 5.74) is 1.89. The number of hydrogen-bond acceptors (Lipinski definition) is 4. The zero-order valence-electron chi connectivity index (χ0n) is 18.9. The van der Waals surface area contributed by atoms with Gasteiger partial charge in [0.05, 0.1) is 27.7 Å². The Balaban J connectivity index is 2.26. The molecular weight excluding hydrogens is 387 g/mol. The van der Waals surface area contributed by atoms with E-state index in [0.717, 1.165) is 17.4 Å². The molecule has 0 saturated carbocycles. The Hall–Kier alpha value is -1.20. The van der Waals surface area contributed by atoms with Crippen molar-refractivity contribution in [2.75, 3.05) is 54.1 Å². The van der Waals surface area contributed by atoms with Crippen LogP contribution in [0.3, 0.4) is 0 Å². The monoisotopic (exact) mass is 427 g/mol. The van der Waals surface area contributed by atoms with E-state index in [9.17, 15) is 9.36 Å². The number of quaternary nitrogens is 1. The minimum Gasteiger partial charge on any atom is -0.350 e. The van der Waals surface area contributed by atoms with Crippen molar-refractivity contribution in [2.24, 2.45) is 0 Å². The molecule has 0 aliphatic heterocycles. The lowest BCUT2D eigenvalue weighted by Crippen LogP contribution is -2.37. The van der Waals surface area contributed by atoms with Crippen molar-refractivity contribution in [3.05, 3.63) is 35.4 Å². The molecule has 1 unspecified atom stereocenters. The average Bonchev–Trinajstić information content (AvgIpc) is 2.64. The number of carbonyl (C=O) groups excluding carboxylic acids is 1. The zero-order chi connectivity index (χ0) is 21.8. The van der Waals surface area contributed by atoms with Gasteiger partial charge in [0, 0.05) is 18.8 Å². The summed E-state index contributed by atoms with van der Waals surface area (Å²) in [6.07, 6.45) is 7.37. The van der Waals surface area contributed by atoms with E-state index in [4.69, 9.17) is 9.05 Å². The molecule has 1 aromatic carbocycles. The van der Waals surface area contributed by atoms with Crippen molar-refractivity contribution in [1.29, 1.82) is 0 Å². The molecule has 0 bridgehead atoms. The zero-order valence-corrected chi connectivity index (χ0v) is 19.8. The van der Waals surface area contributed by atoms with Crippen LogP contribution in [0.4, 0.5) is 0 Å². The number of carbonyl (C=O) groups is 1. The fourth-order valence-electron chi connectivity index (χ4n) is 2.75. The van der Waals surface area contributed by atoms with Gasteiger partial charge in [-0.3, -0.25) is 9.36 Å². The molecule has 0 aliphatic carbocycles. The quantitative estimate of drug-likeness (QED) is 0.254. The van der Waals surface area contributed by atoms with E-state index in [-0.39, 0.29) is 19.1 Å². The summed E-state index contributed by atoms with van der Waals surface area (Å²) in [5.74, 6) is -0.153. The molecule has 1 N–H and O–H groups in total. The first-order valence-corrected chi connectivity index (χ1v) is 12.7. The van der Waals surface area contributed by atoms with Gasteiger partial charge in [0.15, 0.2) is 0 Å². The number of nitrogens with zero attached hydrogens (tertiary/aromatic N) is 1. The van der Waals surface area contributed by atoms with Gasteiger partial charge >= 0.3 is 7.60 Å². The first-order chi connectivity index (χ1) is 13.6. The lowest BCUT2D eigenvalue weighted by molar-refractivity contribution is -0.870. The first kappa shape index (κ1) is 25.8. The molecule has 0 saturated heterocycles. The van der Waals surface area contributed by atoms with Crippen molar-refractivity contribution < 1.29 is 22.9 Å². The van der Waals surface area contributed by atoms with Gasteiger partial charge in [-0.05, 0) is 30.5 Å². The second-order valence-corrected chi connectivity index (χ2v) is 10.6. The van der Waals surface area contributed by atoms with E-state index in [0.29, 0.717) is 12.2 Å². The number of benzene rings is 1. The minimum absolute atomic E-state index is 0.153. The van der Waals surface area contributed by atoms with Crippen molar-refractivity contribution in [3.63, 3.8) is 0 Å². The maximum Gasteiger partial charge on any atom is 0.327 e.